The van der Waals surface area contributed by atoms with Gasteiger partial charge in [-0.05, 0) is 42.3 Å². The molecule has 0 amide bonds. The van der Waals surface area contributed by atoms with Crippen LogP contribution in [0.5, 0.6) is 0 Å². The molecule has 1 nitrogen and oxygen atoms in total. The van der Waals surface area contributed by atoms with Crippen molar-refractivity contribution in [1.82, 2.24) is 0 Å². The topological polar surface area (TPSA) is 12.0 Å². The highest BCUT2D eigenvalue weighted by Crippen LogP contribution is 2.25. The molecular weight excluding hydrogens is 265 g/mol. The van der Waals surface area contributed by atoms with Crippen LogP contribution >= 0.6 is 23.2 Å². The van der Waals surface area contributed by atoms with E-state index >= 15 is 0 Å². The first-order valence-electron chi connectivity index (χ1n) is 5.96. The lowest BCUT2D eigenvalue weighted by Crippen LogP contribution is -2.09. The van der Waals surface area contributed by atoms with Crippen molar-refractivity contribution in [3.8, 4) is 0 Å². The number of nitrogens with one attached hydrogen (secondary N) is 1. The van der Waals surface area contributed by atoms with Gasteiger partial charge in [-0.1, -0.05) is 48.3 Å². The van der Waals surface area contributed by atoms with Crippen LogP contribution in [-0.2, 0) is 0 Å². The fourth-order valence-electron chi connectivity index (χ4n) is 1.90. The molecule has 1 unspecified atom stereocenters. The molecule has 0 heterocycles. The minimum atomic E-state index is 0.265. The normalized spacial score (nSPS) is 12.2. The molecule has 0 radical (unpaired) electrons. The van der Waals surface area contributed by atoms with Gasteiger partial charge in [0.25, 0.3) is 0 Å². The molecular formula is C15H15Cl2N. The van der Waals surface area contributed by atoms with Crippen molar-refractivity contribution in [3.63, 3.8) is 0 Å². The molecule has 0 aliphatic carbocycles. The first-order chi connectivity index (χ1) is 8.69. The van der Waals surface area contributed by atoms with Gasteiger partial charge < -0.3 is 5.32 Å². The zero-order chi connectivity index (χ0) is 13.0. The van der Waals surface area contributed by atoms with E-state index in [0.29, 0.717) is 0 Å². The fraction of sp³-hybridized carbons (Fsp3) is 0.200. The number of rotatable bonds is 4. The summed E-state index contributed by atoms with van der Waals surface area (Å²) in [6.07, 6.45) is 0.994. The molecule has 0 bridgehead atoms. The molecule has 0 saturated heterocycles. The summed E-state index contributed by atoms with van der Waals surface area (Å²) in [4.78, 5) is 0. The van der Waals surface area contributed by atoms with E-state index in [1.807, 2.05) is 48.5 Å². The Morgan fingerprint density at radius 1 is 1.00 bits per heavy atom. The van der Waals surface area contributed by atoms with E-state index in [1.165, 1.54) is 5.56 Å². The Balaban J connectivity index is 2.17. The number of hydrogen-bond acceptors (Lipinski definition) is 1. The average molecular weight is 280 g/mol. The van der Waals surface area contributed by atoms with Crippen LogP contribution in [0.1, 0.15) is 24.9 Å². The Hall–Kier alpha value is -1.18. The van der Waals surface area contributed by atoms with Crippen molar-refractivity contribution in [1.29, 1.82) is 0 Å². The maximum atomic E-state index is 5.98. The van der Waals surface area contributed by atoms with Crippen molar-refractivity contribution in [2.45, 2.75) is 19.4 Å². The smallest absolute Gasteiger partial charge is 0.0511 e. The van der Waals surface area contributed by atoms with Crippen LogP contribution in [0.2, 0.25) is 10.0 Å². The third-order valence-corrected chi connectivity index (χ3v) is 3.33. The number of anilines is 1. The highest BCUT2D eigenvalue weighted by atomic mass is 35.5. The molecule has 1 N–H and O–H groups in total. The lowest BCUT2D eigenvalue weighted by Gasteiger charge is -2.19. The Morgan fingerprint density at radius 3 is 2.33 bits per heavy atom. The molecule has 0 aromatic heterocycles. The van der Waals surface area contributed by atoms with Gasteiger partial charge in [0, 0.05) is 15.7 Å². The summed E-state index contributed by atoms with van der Waals surface area (Å²) in [5.41, 5.74) is 2.26. The van der Waals surface area contributed by atoms with Crippen LogP contribution in [0.25, 0.3) is 0 Å². The lowest BCUT2D eigenvalue weighted by molar-refractivity contribution is 0.749. The molecule has 94 valence electrons. The van der Waals surface area contributed by atoms with Crippen LogP contribution in [0.4, 0.5) is 5.69 Å². The van der Waals surface area contributed by atoms with Gasteiger partial charge in [-0.3, -0.25) is 0 Å². The highest BCUT2D eigenvalue weighted by molar-refractivity contribution is 6.31. The quantitative estimate of drug-likeness (QED) is 0.773. The number of halogens is 2. The van der Waals surface area contributed by atoms with Gasteiger partial charge in [-0.15, -0.1) is 0 Å². The lowest BCUT2D eigenvalue weighted by atomic mass is 10.0. The molecule has 0 aliphatic rings. The molecule has 2 aromatic carbocycles. The van der Waals surface area contributed by atoms with Crippen LogP contribution in [-0.4, -0.2) is 0 Å². The molecule has 18 heavy (non-hydrogen) atoms. The van der Waals surface area contributed by atoms with Crippen LogP contribution < -0.4 is 5.32 Å². The first kappa shape index (κ1) is 13.3. The van der Waals surface area contributed by atoms with Gasteiger partial charge in [0.05, 0.1) is 6.04 Å². The maximum Gasteiger partial charge on any atom is 0.0511 e. The third kappa shape index (κ3) is 3.41. The first-order valence-corrected chi connectivity index (χ1v) is 6.72. The van der Waals surface area contributed by atoms with Gasteiger partial charge in [0.15, 0.2) is 0 Å². The largest absolute Gasteiger partial charge is 0.378 e. The second kappa shape index (κ2) is 6.12. The summed E-state index contributed by atoms with van der Waals surface area (Å²) in [7, 11) is 0. The van der Waals surface area contributed by atoms with E-state index in [-0.39, 0.29) is 6.04 Å². The number of benzene rings is 2. The average Bonchev–Trinajstić information content (AvgIpc) is 2.37. The highest BCUT2D eigenvalue weighted by Gasteiger charge is 2.08. The minimum Gasteiger partial charge on any atom is -0.378 e. The minimum absolute atomic E-state index is 0.265. The van der Waals surface area contributed by atoms with Crippen molar-refractivity contribution in [3.05, 3.63) is 64.1 Å². The van der Waals surface area contributed by atoms with E-state index in [9.17, 15) is 0 Å². The fourth-order valence-corrected chi connectivity index (χ4v) is 2.21. The molecule has 2 aromatic rings. The summed E-state index contributed by atoms with van der Waals surface area (Å²) in [5.74, 6) is 0. The van der Waals surface area contributed by atoms with Crippen LogP contribution in [0, 0.1) is 0 Å². The van der Waals surface area contributed by atoms with E-state index < -0.39 is 0 Å². The molecule has 1 atom stereocenters. The van der Waals surface area contributed by atoms with Gasteiger partial charge in [-0.25, -0.2) is 0 Å². The summed E-state index contributed by atoms with van der Waals surface area (Å²) in [6.45, 7) is 2.15. The van der Waals surface area contributed by atoms with Gasteiger partial charge in [0.2, 0.25) is 0 Å². The summed E-state index contributed by atoms with van der Waals surface area (Å²) in [6, 6.07) is 16.0. The second-order valence-electron chi connectivity index (χ2n) is 4.17. The van der Waals surface area contributed by atoms with Crippen molar-refractivity contribution in [2.24, 2.45) is 0 Å². The monoisotopic (exact) mass is 279 g/mol. The van der Waals surface area contributed by atoms with Gasteiger partial charge in [-0.2, -0.15) is 0 Å². The zero-order valence-electron chi connectivity index (χ0n) is 10.2. The van der Waals surface area contributed by atoms with E-state index in [1.54, 1.807) is 0 Å². The van der Waals surface area contributed by atoms with Crippen LogP contribution in [0.15, 0.2) is 48.5 Å². The molecule has 0 fully saturated rings. The summed E-state index contributed by atoms with van der Waals surface area (Å²) < 4.78 is 0. The van der Waals surface area contributed by atoms with Crippen molar-refractivity contribution < 1.29 is 0 Å². The van der Waals surface area contributed by atoms with Crippen molar-refractivity contribution >= 4 is 28.9 Å². The Labute approximate surface area is 118 Å². The predicted molar refractivity (Wildman–Crippen MR) is 79.6 cm³/mol. The summed E-state index contributed by atoms with van der Waals surface area (Å²) in [5, 5.41) is 4.98. The van der Waals surface area contributed by atoms with E-state index in [4.69, 9.17) is 23.2 Å². The van der Waals surface area contributed by atoms with Gasteiger partial charge in [0.1, 0.15) is 0 Å². The third-order valence-electron chi connectivity index (χ3n) is 2.85. The molecule has 3 heteroatoms. The van der Waals surface area contributed by atoms with Gasteiger partial charge >= 0.3 is 0 Å². The van der Waals surface area contributed by atoms with Crippen molar-refractivity contribution in [2.75, 3.05) is 5.32 Å². The maximum absolute atomic E-state index is 5.98. The predicted octanol–water partition coefficient (Wildman–Crippen LogP) is 5.56. The Bertz CT molecular complexity index is 508. The zero-order valence-corrected chi connectivity index (χ0v) is 11.7. The molecule has 0 aliphatic heterocycles. The molecule has 2 rings (SSSR count). The van der Waals surface area contributed by atoms with E-state index in [2.05, 4.69) is 12.2 Å². The Kier molecular flexibility index (Phi) is 4.51. The molecule has 0 saturated carbocycles. The second-order valence-corrected chi connectivity index (χ2v) is 5.04. The molecule has 0 spiro atoms. The number of hydrogen-bond donors (Lipinski definition) is 1. The summed E-state index contributed by atoms with van der Waals surface area (Å²) >= 11 is 11.9. The SMILES string of the molecule is CCC(Nc1cccc(Cl)c1)c1ccc(Cl)cc1. The van der Waals surface area contributed by atoms with E-state index in [0.717, 1.165) is 22.2 Å². The van der Waals surface area contributed by atoms with Crippen LogP contribution in [0.3, 0.4) is 0 Å². The standard InChI is InChI=1S/C15H15Cl2N/c1-2-15(11-6-8-12(16)9-7-11)18-14-5-3-4-13(17)10-14/h3-10,15,18H,2H2,1H3. The Morgan fingerprint density at radius 2 is 1.72 bits per heavy atom.